The third-order valence-corrected chi connectivity index (χ3v) is 6.27. The lowest BCUT2D eigenvalue weighted by molar-refractivity contribution is 0.0606. The molecular formula is C12H19ClN2O5S2. The van der Waals surface area contributed by atoms with Crippen LogP contribution in [0.3, 0.4) is 0 Å². The second-order valence-corrected chi connectivity index (χ2v) is 7.58. The zero-order chi connectivity index (χ0) is 15.5. The first-order chi connectivity index (χ1) is 9.97. The van der Waals surface area contributed by atoms with Gasteiger partial charge in [-0.2, -0.15) is 0 Å². The van der Waals surface area contributed by atoms with Gasteiger partial charge in [0.25, 0.3) is 10.0 Å². The fourth-order valence-electron chi connectivity index (χ4n) is 2.11. The summed E-state index contributed by atoms with van der Waals surface area (Å²) in [7, 11) is -1.12. The summed E-state index contributed by atoms with van der Waals surface area (Å²) >= 11 is 0.842. The quantitative estimate of drug-likeness (QED) is 0.751. The number of carbonyl (C=O) groups is 1. The molecular weight excluding hydrogens is 352 g/mol. The molecule has 0 aromatic carbocycles. The Bertz CT molecular complexity index is 611. The second kappa shape index (κ2) is 8.11. The molecule has 0 saturated carbocycles. The van der Waals surface area contributed by atoms with Crippen molar-refractivity contribution >= 4 is 39.7 Å². The van der Waals surface area contributed by atoms with Crippen LogP contribution in [0.25, 0.3) is 0 Å². The lowest BCUT2D eigenvalue weighted by Gasteiger charge is -2.23. The van der Waals surface area contributed by atoms with Crippen LogP contribution in [0.5, 0.6) is 5.75 Å². The van der Waals surface area contributed by atoms with Gasteiger partial charge >= 0.3 is 5.97 Å². The van der Waals surface area contributed by atoms with Crippen LogP contribution in [-0.2, 0) is 14.8 Å². The molecule has 1 atom stereocenters. The van der Waals surface area contributed by atoms with Crippen LogP contribution in [-0.4, -0.2) is 47.7 Å². The Morgan fingerprint density at radius 2 is 2.18 bits per heavy atom. The van der Waals surface area contributed by atoms with E-state index in [9.17, 15) is 13.2 Å². The molecule has 10 heteroatoms. The first kappa shape index (κ1) is 19.2. The highest BCUT2D eigenvalue weighted by molar-refractivity contribution is 7.91. The minimum absolute atomic E-state index is 0. The Balaban J connectivity index is 0.00000242. The minimum Gasteiger partial charge on any atom is -0.494 e. The Morgan fingerprint density at radius 3 is 2.73 bits per heavy atom. The number of rotatable bonds is 5. The van der Waals surface area contributed by atoms with Gasteiger partial charge in [0.2, 0.25) is 0 Å². The highest BCUT2D eigenvalue weighted by Gasteiger charge is 2.28. The number of carbonyl (C=O) groups excluding carboxylic acids is 1. The van der Waals surface area contributed by atoms with Crippen molar-refractivity contribution in [2.45, 2.75) is 23.1 Å². The molecule has 1 aliphatic rings. The molecule has 1 unspecified atom stereocenters. The summed E-state index contributed by atoms with van der Waals surface area (Å²) in [5, 5.41) is 3.14. The van der Waals surface area contributed by atoms with Gasteiger partial charge in [0.05, 0.1) is 14.2 Å². The largest absolute Gasteiger partial charge is 0.494 e. The van der Waals surface area contributed by atoms with Gasteiger partial charge in [-0.1, -0.05) is 0 Å². The Kier molecular flexibility index (Phi) is 7.07. The average Bonchev–Trinajstić information content (AvgIpc) is 2.92. The van der Waals surface area contributed by atoms with Crippen molar-refractivity contribution in [1.29, 1.82) is 0 Å². The van der Waals surface area contributed by atoms with Gasteiger partial charge in [0.15, 0.2) is 9.96 Å². The number of hydrogen-bond donors (Lipinski definition) is 2. The van der Waals surface area contributed by atoms with E-state index in [4.69, 9.17) is 4.74 Å². The Morgan fingerprint density at radius 1 is 1.45 bits per heavy atom. The van der Waals surface area contributed by atoms with Crippen LogP contribution >= 0.6 is 23.7 Å². The van der Waals surface area contributed by atoms with Crippen molar-refractivity contribution in [2.75, 3.05) is 27.3 Å². The molecule has 1 saturated heterocycles. The molecule has 2 rings (SSSR count). The molecule has 1 aliphatic heterocycles. The van der Waals surface area contributed by atoms with Crippen LogP contribution in [0.15, 0.2) is 10.3 Å². The molecule has 0 radical (unpaired) electrons. The summed E-state index contributed by atoms with van der Waals surface area (Å²) in [4.78, 5) is 11.7. The van der Waals surface area contributed by atoms with Crippen molar-refractivity contribution in [3.05, 3.63) is 10.9 Å². The van der Waals surface area contributed by atoms with Gasteiger partial charge in [0, 0.05) is 18.7 Å². The predicted octanol–water partition coefficient (Wildman–Crippen LogP) is 0.995. The van der Waals surface area contributed by atoms with E-state index in [2.05, 4.69) is 14.8 Å². The normalized spacial score (nSPS) is 18.4. The van der Waals surface area contributed by atoms with Crippen LogP contribution in [0.4, 0.5) is 0 Å². The highest BCUT2D eigenvalue weighted by Crippen LogP contribution is 2.34. The average molecular weight is 371 g/mol. The maximum absolute atomic E-state index is 12.4. The molecule has 126 valence electrons. The summed E-state index contributed by atoms with van der Waals surface area (Å²) in [5.74, 6) is -0.434. The Labute approximate surface area is 139 Å². The van der Waals surface area contributed by atoms with Crippen LogP contribution < -0.4 is 14.8 Å². The van der Waals surface area contributed by atoms with Crippen LogP contribution in [0.2, 0.25) is 0 Å². The summed E-state index contributed by atoms with van der Waals surface area (Å²) in [5.41, 5.74) is 0. The standard InChI is InChI=1S/C12H18N2O5S2.ClH/c1-18-9-6-10(11(15)19-2)20-12(9)21(16,17)14-8-4-3-5-13-7-8;/h6,8,13-14H,3-5,7H2,1-2H3;1H. The van der Waals surface area contributed by atoms with Gasteiger partial charge in [0.1, 0.15) is 4.88 Å². The van der Waals surface area contributed by atoms with Gasteiger partial charge in [-0.15, -0.1) is 23.7 Å². The molecule has 1 fully saturated rings. The summed E-state index contributed by atoms with van der Waals surface area (Å²) in [6.07, 6.45) is 1.70. The third-order valence-electron chi connectivity index (χ3n) is 3.14. The molecule has 2 heterocycles. The molecule has 22 heavy (non-hydrogen) atoms. The number of esters is 1. The molecule has 1 aromatic heterocycles. The number of halogens is 1. The maximum atomic E-state index is 12.4. The van der Waals surface area contributed by atoms with E-state index in [0.717, 1.165) is 30.7 Å². The van der Waals surface area contributed by atoms with E-state index >= 15 is 0 Å². The smallest absolute Gasteiger partial charge is 0.348 e. The topological polar surface area (TPSA) is 93.7 Å². The van der Waals surface area contributed by atoms with Crippen molar-refractivity contribution in [3.8, 4) is 5.75 Å². The third kappa shape index (κ3) is 4.32. The molecule has 0 amide bonds. The zero-order valence-corrected chi connectivity index (χ0v) is 14.7. The van der Waals surface area contributed by atoms with Crippen molar-refractivity contribution < 1.29 is 22.7 Å². The number of sulfonamides is 1. The second-order valence-electron chi connectivity index (χ2n) is 4.62. The molecule has 0 bridgehead atoms. The maximum Gasteiger partial charge on any atom is 0.348 e. The van der Waals surface area contributed by atoms with Crippen molar-refractivity contribution in [3.63, 3.8) is 0 Å². The number of piperidine rings is 1. The Hall–Kier alpha value is -0.870. The molecule has 1 aromatic rings. The fraction of sp³-hybridized carbons (Fsp3) is 0.583. The predicted molar refractivity (Wildman–Crippen MR) is 85.7 cm³/mol. The summed E-state index contributed by atoms with van der Waals surface area (Å²) in [6, 6.07) is 1.22. The first-order valence-electron chi connectivity index (χ1n) is 6.47. The first-order valence-corrected chi connectivity index (χ1v) is 8.77. The van der Waals surface area contributed by atoms with E-state index in [1.807, 2.05) is 0 Å². The fourth-order valence-corrected chi connectivity index (χ4v) is 4.90. The lowest BCUT2D eigenvalue weighted by atomic mass is 10.1. The molecule has 7 nitrogen and oxygen atoms in total. The van der Waals surface area contributed by atoms with Gasteiger partial charge in [-0.05, 0) is 19.4 Å². The molecule has 2 N–H and O–H groups in total. The van der Waals surface area contributed by atoms with Crippen LogP contribution in [0.1, 0.15) is 22.5 Å². The van der Waals surface area contributed by atoms with Crippen molar-refractivity contribution in [2.24, 2.45) is 0 Å². The van der Waals surface area contributed by atoms with E-state index in [1.54, 1.807) is 0 Å². The van der Waals surface area contributed by atoms with E-state index < -0.39 is 16.0 Å². The number of thiophene rings is 1. The monoisotopic (exact) mass is 370 g/mol. The zero-order valence-electron chi connectivity index (χ0n) is 12.2. The number of nitrogens with one attached hydrogen (secondary N) is 2. The summed E-state index contributed by atoms with van der Waals surface area (Å²) < 4.78 is 37.2. The van der Waals surface area contributed by atoms with Crippen molar-refractivity contribution in [1.82, 2.24) is 10.0 Å². The number of methoxy groups -OCH3 is 2. The van der Waals surface area contributed by atoms with Gasteiger partial charge < -0.3 is 14.8 Å². The SMILES string of the molecule is COC(=O)c1cc(OC)c(S(=O)(=O)NC2CCCNC2)s1.Cl. The van der Waals surface area contributed by atoms with Crippen LogP contribution in [0, 0.1) is 0 Å². The van der Waals surface area contributed by atoms with E-state index in [-0.39, 0.29) is 33.3 Å². The van der Waals surface area contributed by atoms with E-state index in [0.29, 0.717) is 6.54 Å². The molecule has 0 spiro atoms. The lowest BCUT2D eigenvalue weighted by Crippen LogP contribution is -2.45. The minimum atomic E-state index is -3.73. The van der Waals surface area contributed by atoms with E-state index in [1.165, 1.54) is 20.3 Å². The molecule has 0 aliphatic carbocycles. The highest BCUT2D eigenvalue weighted by atomic mass is 35.5. The number of ether oxygens (including phenoxy) is 2. The van der Waals surface area contributed by atoms with Gasteiger partial charge in [-0.3, -0.25) is 0 Å². The van der Waals surface area contributed by atoms with Gasteiger partial charge in [-0.25, -0.2) is 17.9 Å². The number of hydrogen-bond acceptors (Lipinski definition) is 7. The summed E-state index contributed by atoms with van der Waals surface area (Å²) in [6.45, 7) is 1.49.